The Morgan fingerprint density at radius 3 is 2.27 bits per heavy atom. The van der Waals surface area contributed by atoms with E-state index in [4.69, 9.17) is 32.7 Å². The van der Waals surface area contributed by atoms with Gasteiger partial charge in [0.15, 0.2) is 23.9 Å². The van der Waals surface area contributed by atoms with Gasteiger partial charge in [-0.25, -0.2) is 9.78 Å². The number of halogens is 4. The van der Waals surface area contributed by atoms with Crippen LogP contribution < -0.4 is 14.5 Å². The fourth-order valence-electron chi connectivity index (χ4n) is 4.90. The quantitative estimate of drug-likeness (QED) is 0.144. The second kappa shape index (κ2) is 15.2. The molecule has 2 aromatic carbocycles. The summed E-state index contributed by atoms with van der Waals surface area (Å²) in [5, 5.41) is 0.557. The van der Waals surface area contributed by atoms with Crippen molar-refractivity contribution in [2.75, 3.05) is 18.6 Å². The molecular weight excluding hydrogens is 653 g/mol. The van der Waals surface area contributed by atoms with Gasteiger partial charge in [-0.15, -0.1) is 0 Å². The lowest BCUT2D eigenvalue weighted by molar-refractivity contribution is -0.377. The Morgan fingerprint density at radius 2 is 1.69 bits per heavy atom. The van der Waals surface area contributed by atoms with Crippen molar-refractivity contribution in [1.29, 1.82) is 0 Å². The number of fused-ring (bicyclic) bond motifs is 1. The number of imide groups is 1. The van der Waals surface area contributed by atoms with Gasteiger partial charge in [-0.2, -0.15) is 20.5 Å². The average Bonchev–Trinajstić information content (AvgIpc) is 3.80. The highest BCUT2D eigenvalue weighted by atomic mass is 35.5. The molecule has 0 bridgehead atoms. The molecule has 5 rings (SSSR count). The van der Waals surface area contributed by atoms with Gasteiger partial charge in [0.05, 0.1) is 17.7 Å². The van der Waals surface area contributed by atoms with Crippen molar-refractivity contribution < 1.29 is 47.8 Å². The first-order chi connectivity index (χ1) is 21.2. The number of carbonyl (C=O) groups excluding carboxylic acids is 3. The third-order valence-electron chi connectivity index (χ3n) is 7.38. The Labute approximate surface area is 272 Å². The summed E-state index contributed by atoms with van der Waals surface area (Å²) < 4.78 is 42.9. The number of amides is 2. The summed E-state index contributed by atoms with van der Waals surface area (Å²) in [6.45, 7) is -2.76. The number of benzene rings is 2. The monoisotopic (exact) mass is 682 g/mol. The number of nitrogens with one attached hydrogen (secondary N) is 1. The smallest absolute Gasteiger partial charge is 0.387 e. The number of rotatable bonds is 14. The summed E-state index contributed by atoms with van der Waals surface area (Å²) in [5.74, 6) is -1.30. The topological polar surface area (TPSA) is 126 Å². The highest BCUT2D eigenvalue weighted by Crippen LogP contribution is 2.38. The number of alkyl halides is 2. The van der Waals surface area contributed by atoms with Gasteiger partial charge < -0.3 is 19.7 Å². The summed E-state index contributed by atoms with van der Waals surface area (Å²) >= 11 is 14.3. The highest BCUT2D eigenvalue weighted by molar-refractivity contribution is 7.98. The molecule has 2 N–H and O–H groups in total. The zero-order chi connectivity index (χ0) is 31.4. The van der Waals surface area contributed by atoms with Crippen LogP contribution >= 0.6 is 35.0 Å². The van der Waals surface area contributed by atoms with Crippen molar-refractivity contribution in [2.24, 2.45) is 5.92 Å². The molecule has 1 aromatic heterocycles. The number of hydrogen-bond acceptors (Lipinski definition) is 8. The molecule has 2 heterocycles. The third-order valence-corrected chi connectivity index (χ3v) is 8.69. The Bertz CT molecular complexity index is 1500. The molecule has 14 heteroatoms. The fourth-order valence-corrected chi connectivity index (χ4v) is 5.89. The molecule has 1 aliphatic heterocycles. The predicted octanol–water partition coefficient (Wildman–Crippen LogP) is 6.27. The third kappa shape index (κ3) is 8.04. The van der Waals surface area contributed by atoms with Crippen molar-refractivity contribution >= 4 is 52.7 Å². The standard InChI is InChI=1S/C31H28Cl2F2N2O6S.H2O/c1-44-11-10-24(37-28(38)19-4-2-3-5-20(19)29(37)39)30(40)42-26(13-21-22(32)14-36-15-23(21)33)18-8-9-25(43-31(34)35)27(12-18)41-16-17-6-7-17;/h2-5,8-9,12,14-15,17,24,26,31H,6-7,10-11,13,16H2,1H3;1H2/t24?,26-;/m0./s1. The van der Waals surface area contributed by atoms with E-state index in [-0.39, 0.29) is 51.0 Å². The van der Waals surface area contributed by atoms with Gasteiger partial charge in [-0.3, -0.25) is 14.5 Å². The normalized spacial score (nSPS) is 15.4. The minimum atomic E-state index is -3.08. The Kier molecular flexibility index (Phi) is 11.6. The first kappa shape index (κ1) is 34.4. The predicted molar refractivity (Wildman–Crippen MR) is 163 cm³/mol. The van der Waals surface area contributed by atoms with E-state index in [0.717, 1.165) is 17.7 Å². The number of thioether (sulfide) groups is 1. The van der Waals surface area contributed by atoms with Crippen LogP contribution in [0.25, 0.3) is 0 Å². The van der Waals surface area contributed by atoms with Crippen LogP contribution in [0.2, 0.25) is 10.0 Å². The number of hydrogen-bond donors (Lipinski definition) is 0. The van der Waals surface area contributed by atoms with Gasteiger partial charge >= 0.3 is 12.6 Å². The maximum Gasteiger partial charge on any atom is 0.387 e. The number of carbonyl (C=O) groups is 3. The van der Waals surface area contributed by atoms with Crippen LogP contribution in [0, 0.1) is 5.92 Å². The summed E-state index contributed by atoms with van der Waals surface area (Å²) in [5.41, 5.74) is 1.26. The molecule has 1 fully saturated rings. The van der Waals surface area contributed by atoms with Crippen LogP contribution in [0.5, 0.6) is 11.5 Å². The molecule has 0 spiro atoms. The van der Waals surface area contributed by atoms with Crippen LogP contribution in [-0.2, 0) is 16.0 Å². The van der Waals surface area contributed by atoms with E-state index < -0.39 is 36.5 Å². The lowest BCUT2D eigenvalue weighted by Crippen LogP contribution is -2.46. The Balaban J connectivity index is 0.00000461. The zero-order valence-electron chi connectivity index (χ0n) is 24.0. The summed E-state index contributed by atoms with van der Waals surface area (Å²) in [7, 11) is 0. The lowest BCUT2D eigenvalue weighted by Gasteiger charge is -2.28. The molecule has 2 aliphatic rings. The van der Waals surface area contributed by atoms with Crippen LogP contribution in [0.4, 0.5) is 8.78 Å². The molecule has 2 amide bonds. The van der Waals surface area contributed by atoms with E-state index in [1.54, 1.807) is 12.1 Å². The van der Waals surface area contributed by atoms with E-state index in [1.807, 2.05) is 6.26 Å². The molecule has 1 unspecified atom stereocenters. The first-order valence-corrected chi connectivity index (χ1v) is 16.0. The summed E-state index contributed by atoms with van der Waals surface area (Å²) in [4.78, 5) is 44.3. The van der Waals surface area contributed by atoms with E-state index in [2.05, 4.69) is 9.72 Å². The molecule has 2 atom stereocenters. The molecule has 0 radical (unpaired) electrons. The molecule has 1 aliphatic carbocycles. The van der Waals surface area contributed by atoms with Crippen molar-refractivity contribution in [2.45, 2.75) is 44.4 Å². The molecule has 1 saturated carbocycles. The van der Waals surface area contributed by atoms with Crippen LogP contribution in [0.3, 0.4) is 0 Å². The van der Waals surface area contributed by atoms with Gasteiger partial charge in [-0.1, -0.05) is 41.4 Å². The number of esters is 1. The first-order valence-electron chi connectivity index (χ1n) is 13.9. The number of H-pyrrole nitrogens is 1. The van der Waals surface area contributed by atoms with Gasteiger partial charge in [0.1, 0.15) is 22.2 Å². The van der Waals surface area contributed by atoms with Crippen LogP contribution in [0.1, 0.15) is 57.2 Å². The van der Waals surface area contributed by atoms with Crippen LogP contribution in [-0.4, -0.2) is 59.4 Å². The van der Waals surface area contributed by atoms with Crippen molar-refractivity contribution in [3.63, 3.8) is 0 Å². The van der Waals surface area contributed by atoms with Gasteiger partial charge in [-0.05, 0) is 67.0 Å². The van der Waals surface area contributed by atoms with E-state index in [1.165, 1.54) is 54.5 Å². The maximum atomic E-state index is 13.9. The van der Waals surface area contributed by atoms with Crippen LogP contribution in [0.15, 0.2) is 54.9 Å². The van der Waals surface area contributed by atoms with Crippen molar-refractivity contribution in [3.05, 3.63) is 87.2 Å². The highest BCUT2D eigenvalue weighted by Gasteiger charge is 2.43. The molecule has 45 heavy (non-hydrogen) atoms. The SMILES string of the molecule is CSCCC(C(=O)O[C@@H](Cc1c(Cl)c[nH+]cc1Cl)c1ccc(OC(F)F)c(OCC2CC2)c1)N1C(=O)c2ccccc2C1=O.[OH-]. The minimum Gasteiger partial charge on any atom is -0.870 e. The molecular formula is C31H30Cl2F2N2O7S. The van der Waals surface area contributed by atoms with E-state index >= 15 is 0 Å². The minimum absolute atomic E-state index is 0. The second-order valence-electron chi connectivity index (χ2n) is 10.4. The molecule has 3 aromatic rings. The Hall–Kier alpha value is -3.45. The second-order valence-corrected chi connectivity index (χ2v) is 12.2. The van der Waals surface area contributed by atoms with Crippen molar-refractivity contribution in [3.8, 4) is 11.5 Å². The van der Waals surface area contributed by atoms with Gasteiger partial charge in [0, 0.05) is 12.0 Å². The van der Waals surface area contributed by atoms with Gasteiger partial charge in [0.25, 0.3) is 11.8 Å². The van der Waals surface area contributed by atoms with E-state index in [9.17, 15) is 23.2 Å². The number of aromatic nitrogens is 1. The fraction of sp³-hybridized carbons (Fsp3) is 0.355. The largest absolute Gasteiger partial charge is 0.870 e. The number of ether oxygens (including phenoxy) is 3. The molecule has 0 saturated heterocycles. The summed E-state index contributed by atoms with van der Waals surface area (Å²) in [6.07, 6.45) is 5.91. The number of aromatic amines is 1. The average molecular weight is 684 g/mol. The maximum absolute atomic E-state index is 13.9. The van der Waals surface area contributed by atoms with E-state index in [0.29, 0.717) is 29.4 Å². The van der Waals surface area contributed by atoms with Crippen molar-refractivity contribution in [1.82, 2.24) is 4.90 Å². The zero-order valence-corrected chi connectivity index (χ0v) is 26.3. The summed E-state index contributed by atoms with van der Waals surface area (Å²) in [6, 6.07) is 9.43. The van der Waals surface area contributed by atoms with Gasteiger partial charge in [0.2, 0.25) is 0 Å². The number of nitrogens with zero attached hydrogens (tertiary/aromatic N) is 1. The number of pyridine rings is 1. The Morgan fingerprint density at radius 1 is 1.04 bits per heavy atom. The molecule has 9 nitrogen and oxygen atoms in total. The lowest BCUT2D eigenvalue weighted by atomic mass is 10.0. The molecule has 240 valence electrons.